The van der Waals surface area contributed by atoms with Crippen LogP contribution >= 0.6 is 0 Å². The zero-order valence-electron chi connectivity index (χ0n) is 11.7. The minimum absolute atomic E-state index is 0.694. The normalized spacial score (nSPS) is 10.4. The zero-order chi connectivity index (χ0) is 14.5. The van der Waals surface area contributed by atoms with Crippen LogP contribution in [0.1, 0.15) is 12.0 Å². The highest BCUT2D eigenvalue weighted by Crippen LogP contribution is 2.18. The molecule has 21 heavy (non-hydrogen) atoms. The van der Waals surface area contributed by atoms with Crippen molar-refractivity contribution < 1.29 is 4.74 Å². The van der Waals surface area contributed by atoms with Crippen molar-refractivity contribution in [2.45, 2.75) is 13.0 Å². The number of hydrogen-bond acceptors (Lipinski definition) is 2. The maximum Gasteiger partial charge on any atom is 0.119 e. The molecule has 0 spiro atoms. The number of benzene rings is 2. The van der Waals surface area contributed by atoms with Gasteiger partial charge in [-0.2, -0.15) is 5.26 Å². The van der Waals surface area contributed by atoms with Crippen LogP contribution < -0.4 is 4.74 Å². The van der Waals surface area contributed by atoms with E-state index in [4.69, 9.17) is 10.00 Å². The van der Waals surface area contributed by atoms with E-state index in [2.05, 4.69) is 16.8 Å². The van der Waals surface area contributed by atoms with Crippen molar-refractivity contribution in [1.29, 1.82) is 5.26 Å². The Morgan fingerprint density at radius 1 is 1.05 bits per heavy atom. The summed E-state index contributed by atoms with van der Waals surface area (Å²) in [5.74, 6) is 0.911. The van der Waals surface area contributed by atoms with E-state index in [0.29, 0.717) is 12.2 Å². The largest absolute Gasteiger partial charge is 0.494 e. The van der Waals surface area contributed by atoms with E-state index in [0.717, 1.165) is 29.6 Å². The highest BCUT2D eigenvalue weighted by atomic mass is 16.5. The van der Waals surface area contributed by atoms with E-state index >= 15 is 0 Å². The molecule has 0 aliphatic carbocycles. The fourth-order valence-electron chi connectivity index (χ4n) is 2.41. The molecule has 0 aliphatic heterocycles. The maximum absolute atomic E-state index is 8.91. The van der Waals surface area contributed by atoms with Crippen LogP contribution in [0.25, 0.3) is 10.9 Å². The number of aromatic nitrogens is 1. The minimum atomic E-state index is 0.694. The van der Waals surface area contributed by atoms with Crippen molar-refractivity contribution >= 4 is 10.9 Å². The number of hydrogen-bond donors (Lipinski definition) is 0. The molecule has 104 valence electrons. The first-order chi connectivity index (χ1) is 10.4. The van der Waals surface area contributed by atoms with E-state index in [1.54, 1.807) is 0 Å². The van der Waals surface area contributed by atoms with Gasteiger partial charge in [0.25, 0.3) is 0 Å². The molecule has 1 aromatic heterocycles. The first-order valence-electron chi connectivity index (χ1n) is 7.04. The van der Waals surface area contributed by atoms with E-state index in [9.17, 15) is 0 Å². The predicted molar refractivity (Wildman–Crippen MR) is 83.2 cm³/mol. The number of nitriles is 1. The fourth-order valence-corrected chi connectivity index (χ4v) is 2.41. The van der Waals surface area contributed by atoms with Crippen LogP contribution in [0.2, 0.25) is 0 Å². The lowest BCUT2D eigenvalue weighted by molar-refractivity contribution is 0.302. The Kier molecular flexibility index (Phi) is 3.88. The summed E-state index contributed by atoms with van der Waals surface area (Å²) in [6, 6.07) is 19.9. The van der Waals surface area contributed by atoms with Crippen LogP contribution in [0.3, 0.4) is 0 Å². The van der Waals surface area contributed by atoms with Crippen molar-refractivity contribution in [3.05, 3.63) is 66.4 Å². The lowest BCUT2D eigenvalue weighted by Crippen LogP contribution is -2.03. The Morgan fingerprint density at radius 3 is 2.71 bits per heavy atom. The lowest BCUT2D eigenvalue weighted by Gasteiger charge is -2.08. The summed E-state index contributed by atoms with van der Waals surface area (Å²) in [7, 11) is 0. The Balaban J connectivity index is 1.60. The third-order valence-electron chi connectivity index (χ3n) is 3.46. The van der Waals surface area contributed by atoms with Crippen molar-refractivity contribution in [3.63, 3.8) is 0 Å². The standard InChI is InChI=1S/C18H16N2O/c19-14-15-7-8-18-16(13-15)9-11-20(18)10-4-12-21-17-5-2-1-3-6-17/h1-3,5-9,11,13H,4,10,12H2. The number of fused-ring (bicyclic) bond motifs is 1. The first-order valence-corrected chi connectivity index (χ1v) is 7.04. The molecule has 0 radical (unpaired) electrons. The van der Waals surface area contributed by atoms with Crippen LogP contribution in [0.15, 0.2) is 60.8 Å². The molecule has 0 saturated carbocycles. The highest BCUT2D eigenvalue weighted by Gasteiger charge is 2.02. The van der Waals surface area contributed by atoms with Gasteiger partial charge < -0.3 is 9.30 Å². The maximum atomic E-state index is 8.91. The van der Waals surface area contributed by atoms with E-state index in [1.807, 2.05) is 54.6 Å². The number of para-hydroxylation sites is 1. The molecule has 3 aromatic rings. The van der Waals surface area contributed by atoms with Gasteiger partial charge in [0.1, 0.15) is 5.75 Å². The summed E-state index contributed by atoms with van der Waals surface area (Å²) in [5, 5.41) is 10.0. The average Bonchev–Trinajstić information content (AvgIpc) is 2.95. The van der Waals surface area contributed by atoms with Gasteiger partial charge >= 0.3 is 0 Å². The van der Waals surface area contributed by atoms with Crippen molar-refractivity contribution in [2.24, 2.45) is 0 Å². The average molecular weight is 276 g/mol. The van der Waals surface area contributed by atoms with Crippen LogP contribution in [0.4, 0.5) is 0 Å². The van der Waals surface area contributed by atoms with E-state index < -0.39 is 0 Å². The van der Waals surface area contributed by atoms with Gasteiger partial charge in [-0.25, -0.2) is 0 Å². The summed E-state index contributed by atoms with van der Waals surface area (Å²) in [4.78, 5) is 0. The minimum Gasteiger partial charge on any atom is -0.494 e. The molecule has 0 fully saturated rings. The van der Waals surface area contributed by atoms with Gasteiger partial charge in [0, 0.05) is 23.6 Å². The predicted octanol–water partition coefficient (Wildman–Crippen LogP) is 3.98. The van der Waals surface area contributed by atoms with Crippen molar-refractivity contribution in [2.75, 3.05) is 6.61 Å². The molecule has 2 aromatic carbocycles. The molecular formula is C18H16N2O. The van der Waals surface area contributed by atoms with Gasteiger partial charge in [-0.3, -0.25) is 0 Å². The molecular weight excluding hydrogens is 260 g/mol. The van der Waals surface area contributed by atoms with Crippen molar-refractivity contribution in [1.82, 2.24) is 4.57 Å². The number of rotatable bonds is 5. The number of ether oxygens (including phenoxy) is 1. The van der Waals surface area contributed by atoms with Gasteiger partial charge in [0.2, 0.25) is 0 Å². The van der Waals surface area contributed by atoms with Gasteiger partial charge in [0.05, 0.1) is 18.2 Å². The molecule has 0 unspecified atom stereocenters. The van der Waals surface area contributed by atoms with Crippen LogP contribution in [0.5, 0.6) is 5.75 Å². The molecule has 0 N–H and O–H groups in total. The van der Waals surface area contributed by atoms with Crippen LogP contribution in [-0.2, 0) is 6.54 Å². The molecule has 1 heterocycles. The second-order valence-corrected chi connectivity index (χ2v) is 4.91. The number of aryl methyl sites for hydroxylation is 1. The Bertz CT molecular complexity index is 769. The second kappa shape index (κ2) is 6.15. The molecule has 0 amide bonds. The van der Waals surface area contributed by atoms with Gasteiger partial charge in [0.15, 0.2) is 0 Å². The Labute approximate surface area is 124 Å². The third-order valence-corrected chi connectivity index (χ3v) is 3.46. The lowest BCUT2D eigenvalue weighted by atomic mass is 10.2. The highest BCUT2D eigenvalue weighted by molar-refractivity contribution is 5.81. The van der Waals surface area contributed by atoms with Crippen molar-refractivity contribution in [3.8, 4) is 11.8 Å². The van der Waals surface area contributed by atoms with E-state index in [-0.39, 0.29) is 0 Å². The SMILES string of the molecule is N#Cc1ccc2c(ccn2CCCOc2ccccc2)c1. The van der Waals surface area contributed by atoms with Crippen LogP contribution in [-0.4, -0.2) is 11.2 Å². The molecule has 3 heteroatoms. The molecule has 0 atom stereocenters. The first kappa shape index (κ1) is 13.3. The summed E-state index contributed by atoms with van der Waals surface area (Å²) >= 11 is 0. The van der Waals surface area contributed by atoms with Gasteiger partial charge in [-0.1, -0.05) is 18.2 Å². The molecule has 0 aliphatic rings. The van der Waals surface area contributed by atoms with Gasteiger partial charge in [-0.15, -0.1) is 0 Å². The topological polar surface area (TPSA) is 38.0 Å². The number of nitrogens with zero attached hydrogens (tertiary/aromatic N) is 2. The monoisotopic (exact) mass is 276 g/mol. The summed E-state index contributed by atoms with van der Waals surface area (Å²) in [6.07, 6.45) is 3.01. The summed E-state index contributed by atoms with van der Waals surface area (Å²) < 4.78 is 7.90. The van der Waals surface area contributed by atoms with Gasteiger partial charge in [-0.05, 0) is 42.8 Å². The quantitative estimate of drug-likeness (QED) is 0.661. The second-order valence-electron chi connectivity index (χ2n) is 4.91. The molecule has 3 rings (SSSR count). The molecule has 0 bridgehead atoms. The molecule has 3 nitrogen and oxygen atoms in total. The third kappa shape index (κ3) is 3.06. The molecule has 0 saturated heterocycles. The van der Waals surface area contributed by atoms with E-state index in [1.165, 1.54) is 0 Å². The smallest absolute Gasteiger partial charge is 0.119 e. The zero-order valence-corrected chi connectivity index (χ0v) is 11.7. The summed E-state index contributed by atoms with van der Waals surface area (Å²) in [5.41, 5.74) is 1.86. The Morgan fingerprint density at radius 2 is 1.90 bits per heavy atom. The summed E-state index contributed by atoms with van der Waals surface area (Å²) in [6.45, 7) is 1.60. The Hall–Kier alpha value is -2.73. The fraction of sp³-hybridized carbons (Fsp3) is 0.167. The van der Waals surface area contributed by atoms with Crippen LogP contribution in [0, 0.1) is 11.3 Å².